The number of nitrogens with one attached hydrogen (secondary N) is 2. The Kier molecular flexibility index (Phi) is 3.84. The predicted octanol–water partition coefficient (Wildman–Crippen LogP) is -0.121. The molecular formula is C8H14N4O2S. The summed E-state index contributed by atoms with van der Waals surface area (Å²) < 4.78 is 11.4. The molecule has 84 valence electrons. The number of nitrogens with zero attached hydrogens (tertiary/aromatic N) is 1. The van der Waals surface area contributed by atoms with E-state index in [0.717, 1.165) is 0 Å². The molecule has 1 aromatic heterocycles. The predicted molar refractivity (Wildman–Crippen MR) is 61.0 cm³/mol. The van der Waals surface area contributed by atoms with Crippen molar-refractivity contribution in [2.24, 2.45) is 0 Å². The highest BCUT2D eigenvalue weighted by molar-refractivity contribution is 7.85. The lowest BCUT2D eigenvalue weighted by atomic mass is 10.5. The average Bonchev–Trinajstić information content (AvgIpc) is 2.22. The number of H-pyrrole nitrogens is 1. The topological polar surface area (TPSA) is 101 Å². The molecule has 0 aliphatic carbocycles. The summed E-state index contributed by atoms with van der Waals surface area (Å²) in [7, 11) is -0.989. The molecule has 2 atom stereocenters. The van der Waals surface area contributed by atoms with Gasteiger partial charge in [-0.25, -0.2) is 4.98 Å². The summed E-state index contributed by atoms with van der Waals surface area (Å²) in [5.74, 6) is 0.830. The number of nitrogens with two attached hydrogens (primary N) is 1. The van der Waals surface area contributed by atoms with Crippen LogP contribution in [-0.2, 0) is 10.8 Å². The summed E-state index contributed by atoms with van der Waals surface area (Å²) >= 11 is 0. The average molecular weight is 230 g/mol. The van der Waals surface area contributed by atoms with Crippen LogP contribution >= 0.6 is 0 Å². The lowest BCUT2D eigenvalue weighted by Gasteiger charge is -2.12. The number of hydrogen-bond donors (Lipinski definition) is 3. The quantitative estimate of drug-likeness (QED) is 0.669. The Morgan fingerprint density at radius 1 is 1.73 bits per heavy atom. The minimum atomic E-state index is -0.989. The van der Waals surface area contributed by atoms with Crippen molar-refractivity contribution >= 4 is 22.4 Å². The van der Waals surface area contributed by atoms with Gasteiger partial charge in [0.1, 0.15) is 11.1 Å². The first kappa shape index (κ1) is 11.7. The second-order valence-corrected chi connectivity index (χ2v) is 5.02. The third-order valence-electron chi connectivity index (χ3n) is 1.85. The Morgan fingerprint density at radius 3 is 2.93 bits per heavy atom. The van der Waals surface area contributed by atoms with Gasteiger partial charge in [0, 0.05) is 16.6 Å². The molecule has 0 saturated carbocycles. The zero-order chi connectivity index (χ0) is 11.4. The summed E-state index contributed by atoms with van der Waals surface area (Å²) in [4.78, 5) is 17.4. The summed E-state index contributed by atoms with van der Waals surface area (Å²) in [5, 5.41) is 2.58. The maximum absolute atomic E-state index is 11.4. The number of hydrogen-bond acceptors (Lipinski definition) is 5. The van der Waals surface area contributed by atoms with E-state index >= 15 is 0 Å². The van der Waals surface area contributed by atoms with Crippen LogP contribution in [0.3, 0.4) is 0 Å². The molecule has 1 rings (SSSR count). The summed E-state index contributed by atoms with van der Waals surface area (Å²) in [6.45, 7) is 3.59. The van der Waals surface area contributed by atoms with E-state index in [2.05, 4.69) is 15.3 Å². The van der Waals surface area contributed by atoms with Crippen molar-refractivity contribution in [1.82, 2.24) is 9.97 Å². The monoisotopic (exact) mass is 230 g/mol. The van der Waals surface area contributed by atoms with Crippen molar-refractivity contribution in [3.63, 3.8) is 0 Å². The Labute approximate surface area is 89.8 Å². The van der Waals surface area contributed by atoms with Gasteiger partial charge in [-0.15, -0.1) is 0 Å². The van der Waals surface area contributed by atoms with Gasteiger partial charge in [0.15, 0.2) is 0 Å². The van der Waals surface area contributed by atoms with E-state index in [1.165, 1.54) is 6.20 Å². The molecule has 0 aliphatic rings. The van der Waals surface area contributed by atoms with Gasteiger partial charge in [0.05, 0.1) is 6.20 Å². The van der Waals surface area contributed by atoms with E-state index in [0.29, 0.717) is 5.75 Å². The normalized spacial score (nSPS) is 14.5. The molecule has 0 amide bonds. The Hall–Kier alpha value is -1.37. The van der Waals surface area contributed by atoms with E-state index in [-0.39, 0.29) is 17.0 Å². The SMILES string of the molecule is CCS(=O)C(C)Nc1ncc(N)c(=O)[nH]1. The van der Waals surface area contributed by atoms with Crippen molar-refractivity contribution in [1.29, 1.82) is 0 Å². The Bertz CT molecular complexity index is 417. The second kappa shape index (κ2) is 4.92. The lowest BCUT2D eigenvalue weighted by molar-refractivity contribution is 0.678. The summed E-state index contributed by atoms with van der Waals surface area (Å²) in [6, 6.07) is 0. The third-order valence-corrected chi connectivity index (χ3v) is 3.32. The van der Waals surface area contributed by atoms with Crippen molar-refractivity contribution in [2.75, 3.05) is 16.8 Å². The van der Waals surface area contributed by atoms with E-state index in [4.69, 9.17) is 5.73 Å². The molecule has 0 radical (unpaired) electrons. The number of nitrogen functional groups attached to an aromatic ring is 1. The fourth-order valence-electron chi connectivity index (χ4n) is 0.986. The first-order valence-corrected chi connectivity index (χ1v) is 5.91. The smallest absolute Gasteiger partial charge is 0.275 e. The van der Waals surface area contributed by atoms with E-state index < -0.39 is 16.4 Å². The molecular weight excluding hydrogens is 216 g/mol. The van der Waals surface area contributed by atoms with Crippen molar-refractivity contribution in [3.05, 3.63) is 16.6 Å². The lowest BCUT2D eigenvalue weighted by Crippen LogP contribution is -2.25. The number of aromatic nitrogens is 2. The van der Waals surface area contributed by atoms with Crippen LogP contribution in [-0.4, -0.2) is 25.3 Å². The molecule has 0 saturated heterocycles. The molecule has 0 bridgehead atoms. The highest BCUT2D eigenvalue weighted by atomic mass is 32.2. The Morgan fingerprint density at radius 2 is 2.40 bits per heavy atom. The zero-order valence-electron chi connectivity index (χ0n) is 8.61. The maximum atomic E-state index is 11.4. The van der Waals surface area contributed by atoms with Gasteiger partial charge in [-0.3, -0.25) is 14.0 Å². The van der Waals surface area contributed by atoms with Crippen LogP contribution < -0.4 is 16.6 Å². The first-order chi connectivity index (χ1) is 7.04. The second-order valence-electron chi connectivity index (χ2n) is 2.97. The maximum Gasteiger partial charge on any atom is 0.275 e. The number of aromatic amines is 1. The van der Waals surface area contributed by atoms with Crippen LogP contribution in [0.1, 0.15) is 13.8 Å². The van der Waals surface area contributed by atoms with Gasteiger partial charge in [0.2, 0.25) is 5.95 Å². The number of anilines is 2. The highest BCUT2D eigenvalue weighted by Crippen LogP contribution is 2.01. The van der Waals surface area contributed by atoms with Crippen LogP contribution in [0.15, 0.2) is 11.0 Å². The molecule has 1 heterocycles. The fraction of sp³-hybridized carbons (Fsp3) is 0.500. The van der Waals surface area contributed by atoms with Crippen LogP contribution in [0.4, 0.5) is 11.6 Å². The van der Waals surface area contributed by atoms with Crippen LogP contribution in [0.5, 0.6) is 0 Å². The van der Waals surface area contributed by atoms with Crippen molar-refractivity contribution in [2.45, 2.75) is 19.2 Å². The zero-order valence-corrected chi connectivity index (χ0v) is 9.43. The van der Waals surface area contributed by atoms with Crippen molar-refractivity contribution in [3.8, 4) is 0 Å². The van der Waals surface area contributed by atoms with E-state index in [9.17, 15) is 9.00 Å². The molecule has 0 aliphatic heterocycles. The first-order valence-electron chi connectivity index (χ1n) is 4.53. The van der Waals surface area contributed by atoms with Gasteiger partial charge in [-0.1, -0.05) is 6.92 Å². The molecule has 15 heavy (non-hydrogen) atoms. The molecule has 2 unspecified atom stereocenters. The van der Waals surface area contributed by atoms with Gasteiger partial charge < -0.3 is 11.1 Å². The van der Waals surface area contributed by atoms with Gasteiger partial charge in [0.25, 0.3) is 5.56 Å². The van der Waals surface area contributed by atoms with Crippen molar-refractivity contribution < 1.29 is 4.21 Å². The molecule has 0 spiro atoms. The van der Waals surface area contributed by atoms with Crippen LogP contribution in [0.2, 0.25) is 0 Å². The molecule has 7 heteroatoms. The third kappa shape index (κ3) is 3.05. The molecule has 1 aromatic rings. The van der Waals surface area contributed by atoms with Crippen LogP contribution in [0.25, 0.3) is 0 Å². The fourth-order valence-corrected chi connectivity index (χ4v) is 1.73. The molecule has 6 nitrogen and oxygen atoms in total. The van der Waals surface area contributed by atoms with Gasteiger partial charge >= 0.3 is 0 Å². The van der Waals surface area contributed by atoms with Crippen LogP contribution in [0, 0.1) is 0 Å². The summed E-state index contributed by atoms with van der Waals surface area (Å²) in [5.41, 5.74) is 4.97. The molecule has 0 fully saturated rings. The molecule has 0 aromatic carbocycles. The molecule has 4 N–H and O–H groups in total. The minimum Gasteiger partial charge on any atom is -0.393 e. The Balaban J connectivity index is 2.77. The number of rotatable bonds is 4. The minimum absolute atomic E-state index is 0.0600. The van der Waals surface area contributed by atoms with E-state index in [1.54, 1.807) is 6.92 Å². The van der Waals surface area contributed by atoms with E-state index in [1.807, 2.05) is 6.92 Å². The largest absolute Gasteiger partial charge is 0.393 e. The highest BCUT2D eigenvalue weighted by Gasteiger charge is 2.09. The van der Waals surface area contributed by atoms with Gasteiger partial charge in [-0.2, -0.15) is 0 Å². The summed E-state index contributed by atoms with van der Waals surface area (Å²) in [6.07, 6.45) is 1.27. The standard InChI is InChI=1S/C8H14N4O2S/c1-3-15(14)5(2)11-8-10-4-6(9)7(13)12-8/h4-5H,3,9H2,1-2H3,(H2,10,11,12,13). The van der Waals surface area contributed by atoms with Gasteiger partial charge in [-0.05, 0) is 6.92 Å².